The standard InChI is InChI=1S/C29H26ClFN4O4S.C7H8O3S.CH4/c1-40(36,37)12-11-32-16-23-7-10-27(39-23)20-5-8-26-24(14-20)29(34-18-33-26)35-22-6-9-28(25(30)15-22)38-17-19-3-2-4-21(31)13-19;1-6-2-4-7(5-3-6)11(8,9)10;/h2-10,13-15,18,32H,11-12,16-17H2,1H3,(H,33,34,35);2-5H,1H3,(H,8,9,10);1H4. The number of rotatable bonds is 12. The molecule has 0 atom stereocenters. The summed E-state index contributed by atoms with van der Waals surface area (Å²) in [5.74, 6) is 2.17. The van der Waals surface area contributed by atoms with Crippen molar-refractivity contribution in [3.63, 3.8) is 0 Å². The van der Waals surface area contributed by atoms with Gasteiger partial charge in [-0.15, -0.1) is 0 Å². The Hall–Kier alpha value is -4.86. The van der Waals surface area contributed by atoms with Crippen LogP contribution in [0.25, 0.3) is 22.2 Å². The van der Waals surface area contributed by atoms with Crippen LogP contribution in [0.2, 0.25) is 5.02 Å². The molecule has 4 aromatic carbocycles. The summed E-state index contributed by atoms with van der Waals surface area (Å²) in [4.78, 5) is 8.73. The van der Waals surface area contributed by atoms with Crippen LogP contribution in [0.15, 0.2) is 113 Å². The Bertz CT molecular complexity index is 2350. The highest BCUT2D eigenvalue weighted by molar-refractivity contribution is 7.90. The van der Waals surface area contributed by atoms with Crippen LogP contribution in [0.5, 0.6) is 5.75 Å². The molecule has 52 heavy (non-hydrogen) atoms. The number of nitrogens with one attached hydrogen (secondary N) is 2. The van der Waals surface area contributed by atoms with Gasteiger partial charge in [0.05, 0.1) is 27.7 Å². The molecule has 6 aromatic rings. The second kappa shape index (κ2) is 17.6. The molecule has 11 nitrogen and oxygen atoms in total. The topological polar surface area (TPSA) is 161 Å². The Balaban J connectivity index is 0.000000433. The first-order chi connectivity index (χ1) is 24.2. The number of sulfone groups is 1. The van der Waals surface area contributed by atoms with E-state index in [1.807, 2.05) is 43.3 Å². The monoisotopic (exact) mass is 768 g/mol. The first kappa shape index (κ1) is 39.9. The van der Waals surface area contributed by atoms with Crippen LogP contribution in [0.4, 0.5) is 15.9 Å². The fourth-order valence-corrected chi connectivity index (χ4v) is 5.97. The maximum Gasteiger partial charge on any atom is 0.294 e. The fourth-order valence-electron chi connectivity index (χ4n) is 4.74. The number of aryl methyl sites for hydroxylation is 1. The number of halogens is 2. The molecule has 0 amide bonds. The van der Waals surface area contributed by atoms with E-state index in [-0.39, 0.29) is 30.5 Å². The number of ether oxygens (including phenoxy) is 1. The second-order valence-electron chi connectivity index (χ2n) is 11.5. The van der Waals surface area contributed by atoms with Crippen LogP contribution < -0.4 is 15.4 Å². The van der Waals surface area contributed by atoms with Crippen molar-refractivity contribution in [2.75, 3.05) is 23.9 Å². The molecule has 0 saturated carbocycles. The predicted molar refractivity (Wildman–Crippen MR) is 202 cm³/mol. The minimum atomic E-state index is -4.02. The lowest BCUT2D eigenvalue weighted by molar-refractivity contribution is 0.306. The Morgan fingerprint density at radius 3 is 2.38 bits per heavy atom. The maximum atomic E-state index is 13.4. The van der Waals surface area contributed by atoms with Crippen molar-refractivity contribution in [3.05, 3.63) is 131 Å². The smallest absolute Gasteiger partial charge is 0.294 e. The van der Waals surface area contributed by atoms with Gasteiger partial charge in [-0.2, -0.15) is 8.42 Å². The van der Waals surface area contributed by atoms with Gasteiger partial charge < -0.3 is 19.8 Å². The van der Waals surface area contributed by atoms with E-state index in [4.69, 9.17) is 25.3 Å². The molecule has 0 aliphatic carbocycles. The van der Waals surface area contributed by atoms with Crippen LogP contribution in [0.3, 0.4) is 0 Å². The van der Waals surface area contributed by atoms with Crippen molar-refractivity contribution in [1.82, 2.24) is 15.3 Å². The first-order valence-corrected chi connectivity index (χ1v) is 19.3. The van der Waals surface area contributed by atoms with Crippen molar-refractivity contribution < 1.29 is 34.9 Å². The van der Waals surface area contributed by atoms with E-state index in [0.29, 0.717) is 52.5 Å². The number of nitrogens with zero attached hydrogens (tertiary/aromatic N) is 2. The van der Waals surface area contributed by atoms with Crippen molar-refractivity contribution in [1.29, 1.82) is 0 Å². The Labute approximate surface area is 307 Å². The van der Waals surface area contributed by atoms with E-state index >= 15 is 0 Å². The fraction of sp³-hybridized carbons (Fsp3) is 0.189. The number of hydrogen-bond donors (Lipinski definition) is 3. The zero-order valence-corrected chi connectivity index (χ0v) is 29.9. The molecule has 0 aliphatic rings. The number of benzene rings is 4. The largest absolute Gasteiger partial charge is 0.487 e. The van der Waals surface area contributed by atoms with E-state index in [9.17, 15) is 21.2 Å². The summed E-state index contributed by atoms with van der Waals surface area (Å²) in [6.07, 6.45) is 2.69. The number of anilines is 2. The van der Waals surface area contributed by atoms with Gasteiger partial charge in [0.25, 0.3) is 10.1 Å². The van der Waals surface area contributed by atoms with E-state index in [0.717, 1.165) is 22.0 Å². The molecule has 6 rings (SSSR count). The van der Waals surface area contributed by atoms with Gasteiger partial charge in [-0.3, -0.25) is 4.55 Å². The lowest BCUT2D eigenvalue weighted by Crippen LogP contribution is -2.21. The number of fused-ring (bicyclic) bond motifs is 1. The lowest BCUT2D eigenvalue weighted by atomic mass is 10.1. The second-order valence-corrected chi connectivity index (χ2v) is 15.6. The van der Waals surface area contributed by atoms with Gasteiger partial charge in [0.1, 0.15) is 51.7 Å². The van der Waals surface area contributed by atoms with E-state index in [1.165, 1.54) is 36.8 Å². The number of hydrogen-bond acceptors (Lipinski definition) is 10. The summed E-state index contributed by atoms with van der Waals surface area (Å²) in [7, 11) is -7.04. The summed E-state index contributed by atoms with van der Waals surface area (Å²) < 4.78 is 77.3. The SMILES string of the molecule is C.CS(=O)(=O)CCNCc1ccc(-c2ccc3ncnc(Nc4ccc(OCc5cccc(F)c5)c(Cl)c4)c3c2)o1.Cc1ccc(S(=O)(=O)O)cc1. The summed E-state index contributed by atoms with van der Waals surface area (Å²) >= 11 is 6.47. The molecular formula is C37H38ClFN4O7S2. The molecule has 274 valence electrons. The molecule has 3 N–H and O–H groups in total. The molecule has 0 radical (unpaired) electrons. The highest BCUT2D eigenvalue weighted by atomic mass is 35.5. The van der Waals surface area contributed by atoms with Crippen LogP contribution in [-0.2, 0) is 33.1 Å². The third kappa shape index (κ3) is 11.6. The van der Waals surface area contributed by atoms with Crippen LogP contribution >= 0.6 is 11.6 Å². The molecule has 2 aromatic heterocycles. The molecule has 15 heteroatoms. The van der Waals surface area contributed by atoms with Crippen LogP contribution in [0.1, 0.15) is 24.3 Å². The van der Waals surface area contributed by atoms with Crippen molar-refractivity contribution in [2.24, 2.45) is 0 Å². The molecular weight excluding hydrogens is 731 g/mol. The summed E-state index contributed by atoms with van der Waals surface area (Å²) in [6, 6.07) is 27.0. The molecule has 2 heterocycles. The zero-order valence-electron chi connectivity index (χ0n) is 27.5. The van der Waals surface area contributed by atoms with Gasteiger partial charge in [-0.05, 0) is 85.3 Å². The highest BCUT2D eigenvalue weighted by Gasteiger charge is 2.12. The van der Waals surface area contributed by atoms with Crippen LogP contribution in [-0.4, -0.2) is 49.9 Å². The summed E-state index contributed by atoms with van der Waals surface area (Å²) in [5, 5.41) is 7.56. The minimum Gasteiger partial charge on any atom is -0.487 e. The quantitative estimate of drug-likeness (QED) is 0.0817. The average Bonchev–Trinajstić information content (AvgIpc) is 3.55. The van der Waals surface area contributed by atoms with Crippen molar-refractivity contribution in [2.45, 2.75) is 32.4 Å². The van der Waals surface area contributed by atoms with E-state index in [1.54, 1.807) is 36.4 Å². The molecule has 0 unspecified atom stereocenters. The first-order valence-electron chi connectivity index (χ1n) is 15.4. The van der Waals surface area contributed by atoms with Gasteiger partial charge in [0.2, 0.25) is 0 Å². The van der Waals surface area contributed by atoms with Crippen molar-refractivity contribution in [3.8, 4) is 17.1 Å². The maximum absolute atomic E-state index is 13.4. The molecule has 0 fully saturated rings. The number of furan rings is 1. The third-order valence-electron chi connectivity index (χ3n) is 7.33. The zero-order chi connectivity index (χ0) is 36.6. The van der Waals surface area contributed by atoms with Gasteiger partial charge in [-0.25, -0.2) is 22.8 Å². The highest BCUT2D eigenvalue weighted by Crippen LogP contribution is 2.33. The van der Waals surface area contributed by atoms with Gasteiger partial charge >= 0.3 is 0 Å². The van der Waals surface area contributed by atoms with E-state index < -0.39 is 20.0 Å². The Morgan fingerprint density at radius 2 is 1.69 bits per heavy atom. The average molecular weight is 769 g/mol. The molecule has 0 aliphatic heterocycles. The molecule has 0 bridgehead atoms. The van der Waals surface area contributed by atoms with Gasteiger partial charge in [0.15, 0.2) is 0 Å². The van der Waals surface area contributed by atoms with Crippen molar-refractivity contribution >= 4 is 54.0 Å². The molecule has 0 saturated heterocycles. The third-order valence-corrected chi connectivity index (χ3v) is 9.44. The Morgan fingerprint density at radius 1 is 0.923 bits per heavy atom. The predicted octanol–water partition coefficient (Wildman–Crippen LogP) is 8.02. The normalized spacial score (nSPS) is 11.3. The summed E-state index contributed by atoms with van der Waals surface area (Å²) in [5.41, 5.74) is 3.95. The van der Waals surface area contributed by atoms with Gasteiger partial charge in [-0.1, -0.05) is 48.9 Å². The minimum absolute atomic E-state index is 0. The van der Waals surface area contributed by atoms with E-state index in [2.05, 4.69) is 20.6 Å². The summed E-state index contributed by atoms with van der Waals surface area (Å²) in [6.45, 7) is 2.80. The Kier molecular flexibility index (Phi) is 13.5. The lowest BCUT2D eigenvalue weighted by Gasteiger charge is -2.12. The molecule has 0 spiro atoms. The number of aromatic nitrogens is 2. The van der Waals surface area contributed by atoms with Gasteiger partial charge in [0, 0.05) is 29.4 Å². The van der Waals surface area contributed by atoms with Crippen LogP contribution in [0, 0.1) is 12.7 Å².